The topological polar surface area (TPSA) is 18.1 Å². The van der Waals surface area contributed by atoms with Gasteiger partial charge in [0.25, 0.3) is 0 Å². The molecular formula is C30H21NO. The van der Waals surface area contributed by atoms with Gasteiger partial charge in [0, 0.05) is 38.0 Å². The van der Waals surface area contributed by atoms with Crippen LogP contribution in [0, 0.1) is 0 Å². The van der Waals surface area contributed by atoms with Crippen LogP contribution in [0.5, 0.6) is 0 Å². The maximum Gasteiger partial charge on any atom is 0.143 e. The van der Waals surface area contributed by atoms with Gasteiger partial charge in [-0.05, 0) is 42.7 Å². The van der Waals surface area contributed by atoms with E-state index in [1.54, 1.807) is 0 Å². The molecule has 0 aliphatic heterocycles. The van der Waals surface area contributed by atoms with Gasteiger partial charge >= 0.3 is 0 Å². The van der Waals surface area contributed by atoms with Gasteiger partial charge in [0.2, 0.25) is 0 Å². The molecule has 7 rings (SSSR count). The Labute approximate surface area is 185 Å². The van der Waals surface area contributed by atoms with Gasteiger partial charge in [0.15, 0.2) is 0 Å². The van der Waals surface area contributed by atoms with E-state index < -0.39 is 0 Å². The monoisotopic (exact) mass is 411 g/mol. The first-order valence-corrected chi connectivity index (χ1v) is 11.2. The van der Waals surface area contributed by atoms with Crippen molar-refractivity contribution in [2.75, 3.05) is 0 Å². The van der Waals surface area contributed by atoms with Crippen LogP contribution in [0.3, 0.4) is 0 Å². The quantitative estimate of drug-likeness (QED) is 0.316. The summed E-state index contributed by atoms with van der Waals surface area (Å²) in [6, 6.07) is 32.1. The first kappa shape index (κ1) is 17.6. The number of aromatic nitrogens is 1. The largest absolute Gasteiger partial charge is 0.455 e. The summed E-state index contributed by atoms with van der Waals surface area (Å²) in [7, 11) is 0. The molecule has 0 atom stereocenters. The van der Waals surface area contributed by atoms with Crippen LogP contribution >= 0.6 is 0 Å². The summed E-state index contributed by atoms with van der Waals surface area (Å²) in [5.74, 6) is 0. The van der Waals surface area contributed by atoms with Crippen molar-refractivity contribution in [1.82, 2.24) is 4.57 Å². The highest BCUT2D eigenvalue weighted by Crippen LogP contribution is 2.37. The fourth-order valence-electron chi connectivity index (χ4n) is 5.28. The highest BCUT2D eigenvalue weighted by Gasteiger charge is 2.18. The molecule has 32 heavy (non-hydrogen) atoms. The molecule has 0 saturated heterocycles. The lowest BCUT2D eigenvalue weighted by Crippen LogP contribution is -2.30. The van der Waals surface area contributed by atoms with E-state index in [1.165, 1.54) is 43.5 Å². The fourth-order valence-corrected chi connectivity index (χ4v) is 5.28. The van der Waals surface area contributed by atoms with E-state index >= 15 is 0 Å². The van der Waals surface area contributed by atoms with E-state index in [0.717, 1.165) is 29.6 Å². The second kappa shape index (κ2) is 6.73. The molecule has 0 fully saturated rings. The highest BCUT2D eigenvalue weighted by atomic mass is 16.3. The van der Waals surface area contributed by atoms with Gasteiger partial charge in [-0.1, -0.05) is 78.9 Å². The van der Waals surface area contributed by atoms with Crippen molar-refractivity contribution >= 4 is 45.0 Å². The van der Waals surface area contributed by atoms with E-state index in [2.05, 4.69) is 102 Å². The Bertz CT molecular complexity index is 1770. The fraction of sp³-hybridized carbons (Fsp3) is 0.0667. The minimum Gasteiger partial charge on any atom is -0.455 e. The molecule has 152 valence electrons. The lowest BCUT2D eigenvalue weighted by molar-refractivity contribution is 0.670. The summed E-state index contributed by atoms with van der Waals surface area (Å²) < 4.78 is 8.80. The van der Waals surface area contributed by atoms with Crippen LogP contribution in [-0.2, 0) is 0 Å². The molecule has 0 N–H and O–H groups in total. The zero-order chi connectivity index (χ0) is 21.1. The van der Waals surface area contributed by atoms with Crippen molar-refractivity contribution < 1.29 is 4.42 Å². The number of rotatable bonds is 2. The molecule has 4 aromatic carbocycles. The molecular weight excluding hydrogens is 390 g/mol. The number of benzene rings is 4. The third kappa shape index (κ3) is 2.41. The van der Waals surface area contributed by atoms with Crippen molar-refractivity contribution in [3.8, 4) is 16.8 Å². The Hall–Kier alpha value is -4.04. The lowest BCUT2D eigenvalue weighted by Gasteiger charge is -2.08. The molecule has 1 aliphatic rings. The van der Waals surface area contributed by atoms with Gasteiger partial charge < -0.3 is 8.98 Å². The molecule has 2 heterocycles. The van der Waals surface area contributed by atoms with Gasteiger partial charge in [-0.15, -0.1) is 0 Å². The summed E-state index contributed by atoms with van der Waals surface area (Å²) in [5.41, 5.74) is 6.71. The molecule has 2 nitrogen and oxygen atoms in total. The van der Waals surface area contributed by atoms with Crippen molar-refractivity contribution in [3.63, 3.8) is 0 Å². The van der Waals surface area contributed by atoms with E-state index in [1.807, 2.05) is 6.07 Å². The van der Waals surface area contributed by atoms with Crippen LogP contribution in [0.4, 0.5) is 0 Å². The minimum atomic E-state index is 0.936. The molecule has 0 amide bonds. The average molecular weight is 412 g/mol. The van der Waals surface area contributed by atoms with Crippen molar-refractivity contribution in [2.45, 2.75) is 12.8 Å². The van der Waals surface area contributed by atoms with Gasteiger partial charge in [0.05, 0.1) is 5.52 Å². The summed E-state index contributed by atoms with van der Waals surface area (Å²) in [5, 5.41) is 6.26. The van der Waals surface area contributed by atoms with Crippen LogP contribution in [0.15, 0.2) is 95.4 Å². The summed E-state index contributed by atoms with van der Waals surface area (Å²) in [6.07, 6.45) is 6.93. The molecule has 6 aromatic rings. The van der Waals surface area contributed by atoms with Crippen molar-refractivity contribution in [1.29, 1.82) is 0 Å². The van der Waals surface area contributed by atoms with Crippen molar-refractivity contribution in [2.24, 2.45) is 0 Å². The number of fused-ring (bicyclic) bond motifs is 6. The van der Waals surface area contributed by atoms with E-state index in [9.17, 15) is 0 Å². The molecule has 0 saturated carbocycles. The van der Waals surface area contributed by atoms with Gasteiger partial charge in [-0.3, -0.25) is 0 Å². The van der Waals surface area contributed by atoms with Crippen LogP contribution in [0.1, 0.15) is 12.8 Å². The van der Waals surface area contributed by atoms with Crippen LogP contribution in [0.25, 0.3) is 61.8 Å². The zero-order valence-corrected chi connectivity index (χ0v) is 17.6. The number of hydrogen-bond acceptors (Lipinski definition) is 1. The second-order valence-electron chi connectivity index (χ2n) is 8.44. The van der Waals surface area contributed by atoms with E-state index in [0.29, 0.717) is 0 Å². The first-order chi connectivity index (χ1) is 15.9. The maximum absolute atomic E-state index is 6.40. The summed E-state index contributed by atoms with van der Waals surface area (Å²) >= 11 is 0. The van der Waals surface area contributed by atoms with Gasteiger partial charge in [-0.2, -0.15) is 0 Å². The minimum absolute atomic E-state index is 0.936. The Morgan fingerprint density at radius 3 is 2.31 bits per heavy atom. The van der Waals surface area contributed by atoms with Crippen LogP contribution in [0.2, 0.25) is 0 Å². The first-order valence-electron chi connectivity index (χ1n) is 11.2. The van der Waals surface area contributed by atoms with E-state index in [-0.39, 0.29) is 0 Å². The average Bonchev–Trinajstić information content (AvgIpc) is 3.40. The number of furan rings is 1. The Morgan fingerprint density at radius 2 is 1.38 bits per heavy atom. The smallest absolute Gasteiger partial charge is 0.143 e. The molecule has 0 spiro atoms. The molecule has 1 aliphatic carbocycles. The van der Waals surface area contributed by atoms with Gasteiger partial charge in [0.1, 0.15) is 11.2 Å². The standard InChI is InChI=1S/C30H21NO/c1-2-10-20(11-3-1)31-26-17-6-4-13-25(26)29-22(14-9-18-27(29)31)24-16-8-15-23-21-12-5-7-19-28(21)32-30(23)24/h1-3,5,7-19H,4,6H2. The normalized spacial score (nSPS) is 13.2. The zero-order valence-electron chi connectivity index (χ0n) is 17.6. The highest BCUT2D eigenvalue weighted by molar-refractivity contribution is 6.12. The SMILES string of the molecule is C1=c2c(n(-c3ccccc3)c3cccc(-c4cccc5c4oc4ccccc45)c23)=CCC1. The third-order valence-corrected chi connectivity index (χ3v) is 6.63. The number of nitrogens with zero attached hydrogens (tertiary/aromatic N) is 1. The van der Waals surface area contributed by atoms with Crippen LogP contribution in [-0.4, -0.2) is 4.57 Å². The number of para-hydroxylation sites is 3. The Kier molecular flexibility index (Phi) is 3.71. The Morgan fingerprint density at radius 1 is 0.625 bits per heavy atom. The van der Waals surface area contributed by atoms with Crippen molar-refractivity contribution in [3.05, 3.63) is 102 Å². The lowest BCUT2D eigenvalue weighted by atomic mass is 9.97. The maximum atomic E-state index is 6.40. The molecule has 2 heteroatoms. The summed E-state index contributed by atoms with van der Waals surface area (Å²) in [4.78, 5) is 0. The molecule has 0 unspecified atom stereocenters. The summed E-state index contributed by atoms with van der Waals surface area (Å²) in [6.45, 7) is 0. The molecule has 0 radical (unpaired) electrons. The van der Waals surface area contributed by atoms with Crippen LogP contribution < -0.4 is 10.6 Å². The van der Waals surface area contributed by atoms with E-state index in [4.69, 9.17) is 4.42 Å². The predicted molar refractivity (Wildman–Crippen MR) is 133 cm³/mol. The number of hydrogen-bond donors (Lipinski definition) is 0. The Balaban J connectivity index is 1.64. The molecule has 2 aromatic heterocycles. The third-order valence-electron chi connectivity index (χ3n) is 6.63. The predicted octanol–water partition coefficient (Wildman–Crippen LogP) is 6.55. The molecule has 0 bridgehead atoms. The van der Waals surface area contributed by atoms with Gasteiger partial charge in [-0.25, -0.2) is 0 Å². The second-order valence-corrected chi connectivity index (χ2v) is 8.44.